The molecule has 3 nitrogen and oxygen atoms in total. The van der Waals surface area contributed by atoms with Crippen LogP contribution in [0.25, 0.3) is 0 Å². The van der Waals surface area contributed by atoms with Gasteiger partial charge in [0.1, 0.15) is 0 Å². The number of benzene rings is 1. The van der Waals surface area contributed by atoms with Gasteiger partial charge in [0.2, 0.25) is 0 Å². The molecule has 88 valence electrons. The summed E-state index contributed by atoms with van der Waals surface area (Å²) in [6.45, 7) is 4.96. The molecule has 16 heavy (non-hydrogen) atoms. The van der Waals surface area contributed by atoms with Gasteiger partial charge in [-0.1, -0.05) is 29.8 Å². The van der Waals surface area contributed by atoms with Gasteiger partial charge in [0, 0.05) is 31.2 Å². The van der Waals surface area contributed by atoms with Crippen LogP contribution in [-0.4, -0.2) is 31.2 Å². The van der Waals surface area contributed by atoms with Gasteiger partial charge in [0.05, 0.1) is 13.2 Å². The Hall–Kier alpha value is -0.610. The summed E-state index contributed by atoms with van der Waals surface area (Å²) in [5.41, 5.74) is 7.81. The van der Waals surface area contributed by atoms with Gasteiger partial charge in [0.15, 0.2) is 0 Å². The first-order chi connectivity index (χ1) is 7.81. The molecule has 0 unspecified atom stereocenters. The average molecular weight is 241 g/mol. The van der Waals surface area contributed by atoms with Crippen LogP contribution in [0.4, 0.5) is 0 Å². The lowest BCUT2D eigenvalue weighted by atomic mass is 10.1. The topological polar surface area (TPSA) is 38.5 Å². The summed E-state index contributed by atoms with van der Waals surface area (Å²) in [7, 11) is 0. The number of hydrogen-bond donors (Lipinski definition) is 1. The summed E-state index contributed by atoms with van der Waals surface area (Å²) < 4.78 is 5.32. The molecule has 1 fully saturated rings. The van der Waals surface area contributed by atoms with Gasteiger partial charge in [0.25, 0.3) is 0 Å². The Morgan fingerprint density at radius 3 is 2.62 bits per heavy atom. The first-order valence-electron chi connectivity index (χ1n) is 5.57. The van der Waals surface area contributed by atoms with Gasteiger partial charge >= 0.3 is 0 Å². The third-order valence-corrected chi connectivity index (χ3v) is 3.36. The Labute approximate surface area is 101 Å². The van der Waals surface area contributed by atoms with Crippen LogP contribution in [0.5, 0.6) is 0 Å². The highest BCUT2D eigenvalue weighted by Gasteiger charge is 2.13. The fourth-order valence-electron chi connectivity index (χ4n) is 1.91. The van der Waals surface area contributed by atoms with Crippen molar-refractivity contribution in [1.29, 1.82) is 0 Å². The van der Waals surface area contributed by atoms with Crippen LogP contribution >= 0.6 is 11.6 Å². The lowest BCUT2D eigenvalue weighted by molar-refractivity contribution is 0.0342. The van der Waals surface area contributed by atoms with E-state index in [9.17, 15) is 0 Å². The molecule has 1 heterocycles. The van der Waals surface area contributed by atoms with Crippen molar-refractivity contribution in [2.24, 2.45) is 5.73 Å². The minimum Gasteiger partial charge on any atom is -0.379 e. The van der Waals surface area contributed by atoms with E-state index in [0.717, 1.165) is 49.0 Å². The SMILES string of the molecule is NCc1cccc(CN2CCOCC2)c1Cl. The summed E-state index contributed by atoms with van der Waals surface area (Å²) in [4.78, 5) is 2.35. The molecule has 0 saturated carbocycles. The van der Waals surface area contributed by atoms with Crippen LogP contribution in [0.2, 0.25) is 5.02 Å². The van der Waals surface area contributed by atoms with E-state index in [0.29, 0.717) is 6.54 Å². The summed E-state index contributed by atoms with van der Waals surface area (Å²) in [6, 6.07) is 6.06. The molecule has 1 aliphatic rings. The van der Waals surface area contributed by atoms with Crippen LogP contribution in [0.1, 0.15) is 11.1 Å². The molecule has 2 N–H and O–H groups in total. The van der Waals surface area contributed by atoms with E-state index in [1.165, 1.54) is 0 Å². The molecular weight excluding hydrogens is 224 g/mol. The molecule has 0 aromatic heterocycles. The van der Waals surface area contributed by atoms with E-state index in [-0.39, 0.29) is 0 Å². The Morgan fingerprint density at radius 2 is 1.94 bits per heavy atom. The monoisotopic (exact) mass is 240 g/mol. The molecule has 0 amide bonds. The van der Waals surface area contributed by atoms with Gasteiger partial charge in [-0.2, -0.15) is 0 Å². The molecule has 1 aliphatic heterocycles. The van der Waals surface area contributed by atoms with Crippen LogP contribution in [0.3, 0.4) is 0 Å². The van der Waals surface area contributed by atoms with Crippen molar-refractivity contribution in [1.82, 2.24) is 4.90 Å². The Morgan fingerprint density at radius 1 is 1.25 bits per heavy atom. The summed E-state index contributed by atoms with van der Waals surface area (Å²) in [5.74, 6) is 0. The van der Waals surface area contributed by atoms with Crippen molar-refractivity contribution in [2.45, 2.75) is 13.1 Å². The van der Waals surface area contributed by atoms with Gasteiger partial charge in [-0.05, 0) is 11.1 Å². The Bertz CT molecular complexity index is 351. The van der Waals surface area contributed by atoms with Crippen LogP contribution < -0.4 is 5.73 Å². The molecule has 0 atom stereocenters. The van der Waals surface area contributed by atoms with Crippen molar-refractivity contribution >= 4 is 11.6 Å². The molecule has 1 aromatic carbocycles. The number of halogens is 1. The molecule has 4 heteroatoms. The zero-order valence-electron chi connectivity index (χ0n) is 9.29. The molecule has 2 rings (SSSR count). The third kappa shape index (κ3) is 2.74. The van der Waals surface area contributed by atoms with Crippen LogP contribution in [0.15, 0.2) is 18.2 Å². The lowest BCUT2D eigenvalue weighted by Gasteiger charge is -2.27. The van der Waals surface area contributed by atoms with Crippen molar-refractivity contribution in [2.75, 3.05) is 26.3 Å². The minimum absolute atomic E-state index is 0.496. The van der Waals surface area contributed by atoms with Crippen LogP contribution in [0, 0.1) is 0 Å². The molecule has 0 bridgehead atoms. The summed E-state index contributed by atoms with van der Waals surface area (Å²) >= 11 is 6.29. The number of rotatable bonds is 3. The minimum atomic E-state index is 0.496. The molecule has 0 radical (unpaired) electrons. The van der Waals surface area contributed by atoms with Gasteiger partial charge in [-0.15, -0.1) is 0 Å². The first kappa shape index (κ1) is 11.9. The van der Waals surface area contributed by atoms with E-state index < -0.39 is 0 Å². The smallest absolute Gasteiger partial charge is 0.0594 e. The quantitative estimate of drug-likeness (QED) is 0.873. The number of nitrogens with zero attached hydrogens (tertiary/aromatic N) is 1. The van der Waals surface area contributed by atoms with E-state index in [1.807, 2.05) is 12.1 Å². The lowest BCUT2D eigenvalue weighted by Crippen LogP contribution is -2.35. The van der Waals surface area contributed by atoms with E-state index in [4.69, 9.17) is 22.1 Å². The molecule has 1 aromatic rings. The molecule has 0 aliphatic carbocycles. The Balaban J connectivity index is 2.08. The normalized spacial score (nSPS) is 17.6. The van der Waals surface area contributed by atoms with Crippen molar-refractivity contribution in [3.05, 3.63) is 34.3 Å². The van der Waals surface area contributed by atoms with Gasteiger partial charge in [-0.25, -0.2) is 0 Å². The van der Waals surface area contributed by atoms with E-state index >= 15 is 0 Å². The van der Waals surface area contributed by atoms with Crippen molar-refractivity contribution < 1.29 is 4.74 Å². The maximum atomic E-state index is 6.29. The zero-order valence-corrected chi connectivity index (χ0v) is 10.0. The largest absolute Gasteiger partial charge is 0.379 e. The fourth-order valence-corrected chi connectivity index (χ4v) is 2.18. The van der Waals surface area contributed by atoms with Gasteiger partial charge in [-0.3, -0.25) is 4.90 Å². The van der Waals surface area contributed by atoms with E-state index in [1.54, 1.807) is 0 Å². The van der Waals surface area contributed by atoms with Crippen molar-refractivity contribution in [3.8, 4) is 0 Å². The highest BCUT2D eigenvalue weighted by atomic mass is 35.5. The third-order valence-electron chi connectivity index (χ3n) is 2.88. The molecular formula is C12H17ClN2O. The van der Waals surface area contributed by atoms with Gasteiger partial charge < -0.3 is 10.5 Å². The number of hydrogen-bond acceptors (Lipinski definition) is 3. The average Bonchev–Trinajstić information content (AvgIpc) is 2.33. The second-order valence-corrected chi connectivity index (χ2v) is 4.36. The second-order valence-electron chi connectivity index (χ2n) is 3.98. The van der Waals surface area contributed by atoms with E-state index in [2.05, 4.69) is 11.0 Å². The standard InChI is InChI=1S/C12H17ClN2O/c13-12-10(8-14)2-1-3-11(12)9-15-4-6-16-7-5-15/h1-3H,4-9,14H2. The number of morpholine rings is 1. The predicted molar refractivity (Wildman–Crippen MR) is 65.4 cm³/mol. The number of nitrogens with two attached hydrogens (primary N) is 1. The fraction of sp³-hybridized carbons (Fsp3) is 0.500. The first-order valence-corrected chi connectivity index (χ1v) is 5.95. The summed E-state index contributed by atoms with van der Waals surface area (Å²) in [5, 5.41) is 0.816. The maximum absolute atomic E-state index is 6.29. The summed E-state index contributed by atoms with van der Waals surface area (Å²) in [6.07, 6.45) is 0. The zero-order chi connectivity index (χ0) is 11.4. The molecule has 1 saturated heterocycles. The molecule has 0 spiro atoms. The maximum Gasteiger partial charge on any atom is 0.0594 e. The highest BCUT2D eigenvalue weighted by molar-refractivity contribution is 6.32. The number of ether oxygens (including phenoxy) is 1. The second kappa shape index (κ2) is 5.64. The highest BCUT2D eigenvalue weighted by Crippen LogP contribution is 2.22. The predicted octanol–water partition coefficient (Wildman–Crippen LogP) is 1.63. The Kier molecular flexibility index (Phi) is 4.18. The van der Waals surface area contributed by atoms with Crippen molar-refractivity contribution in [3.63, 3.8) is 0 Å². The van der Waals surface area contributed by atoms with Crippen LogP contribution in [-0.2, 0) is 17.8 Å².